The van der Waals surface area contributed by atoms with Crippen LogP contribution >= 0.6 is 0 Å². The Hall–Kier alpha value is -1.74. The second kappa shape index (κ2) is 5.74. The zero-order valence-corrected chi connectivity index (χ0v) is 10.4. The quantitative estimate of drug-likeness (QED) is 0.897. The molecule has 1 aromatic carbocycles. The zero-order chi connectivity index (χ0) is 13.0. The smallest absolute Gasteiger partial charge is 0.123 e. The van der Waals surface area contributed by atoms with Crippen LogP contribution in [-0.2, 0) is 12.8 Å². The molecule has 0 aliphatic carbocycles. The first-order valence-electron chi connectivity index (χ1n) is 6.13. The number of pyridine rings is 1. The number of aryl methyl sites for hydroxylation is 1. The topological polar surface area (TPSA) is 38.9 Å². The highest BCUT2D eigenvalue weighted by atomic mass is 19.1. The van der Waals surface area contributed by atoms with Crippen LogP contribution in [0.3, 0.4) is 0 Å². The van der Waals surface area contributed by atoms with Gasteiger partial charge < -0.3 is 5.73 Å². The summed E-state index contributed by atoms with van der Waals surface area (Å²) in [6.07, 6.45) is 5.25. The Morgan fingerprint density at radius 2 is 1.94 bits per heavy atom. The number of nitrogens with two attached hydrogens (primary N) is 1. The van der Waals surface area contributed by atoms with Crippen molar-refractivity contribution in [2.75, 3.05) is 0 Å². The fraction of sp³-hybridized carbons (Fsp3) is 0.267. The molecule has 0 aliphatic heterocycles. The standard InChI is InChI=1S/C15H17FN2/c1-2-12-10-18-8-7-14(12)15(17)9-11-3-5-13(16)6-4-11/h3-8,10,15H,2,9,17H2,1H3. The number of hydrogen-bond acceptors (Lipinski definition) is 2. The van der Waals surface area contributed by atoms with Crippen molar-refractivity contribution in [3.8, 4) is 0 Å². The van der Waals surface area contributed by atoms with E-state index in [1.165, 1.54) is 17.7 Å². The molecule has 3 heteroatoms. The van der Waals surface area contributed by atoms with E-state index in [-0.39, 0.29) is 11.9 Å². The van der Waals surface area contributed by atoms with Crippen LogP contribution in [0.4, 0.5) is 4.39 Å². The average Bonchev–Trinajstić information content (AvgIpc) is 2.41. The van der Waals surface area contributed by atoms with Gasteiger partial charge in [-0.3, -0.25) is 4.98 Å². The van der Waals surface area contributed by atoms with Gasteiger partial charge in [-0.2, -0.15) is 0 Å². The molecular formula is C15H17FN2. The van der Waals surface area contributed by atoms with Gasteiger partial charge in [-0.05, 0) is 47.7 Å². The lowest BCUT2D eigenvalue weighted by molar-refractivity contribution is 0.625. The van der Waals surface area contributed by atoms with Crippen molar-refractivity contribution in [1.82, 2.24) is 4.98 Å². The van der Waals surface area contributed by atoms with Crippen molar-refractivity contribution in [1.29, 1.82) is 0 Å². The van der Waals surface area contributed by atoms with Gasteiger partial charge in [-0.1, -0.05) is 19.1 Å². The number of rotatable bonds is 4. The van der Waals surface area contributed by atoms with E-state index in [1.807, 2.05) is 12.3 Å². The maximum absolute atomic E-state index is 12.8. The van der Waals surface area contributed by atoms with Gasteiger partial charge in [0, 0.05) is 18.4 Å². The Morgan fingerprint density at radius 1 is 1.22 bits per heavy atom. The Balaban J connectivity index is 2.16. The SMILES string of the molecule is CCc1cnccc1C(N)Cc1ccc(F)cc1. The first kappa shape index (κ1) is 12.7. The fourth-order valence-corrected chi connectivity index (χ4v) is 2.08. The van der Waals surface area contributed by atoms with Gasteiger partial charge in [0.05, 0.1) is 0 Å². The third-order valence-corrected chi connectivity index (χ3v) is 3.09. The molecule has 0 amide bonds. The summed E-state index contributed by atoms with van der Waals surface area (Å²) < 4.78 is 12.8. The molecule has 0 spiro atoms. The monoisotopic (exact) mass is 244 g/mol. The number of hydrogen-bond donors (Lipinski definition) is 1. The van der Waals surface area contributed by atoms with Gasteiger partial charge in [-0.25, -0.2) is 4.39 Å². The molecule has 0 aliphatic rings. The van der Waals surface area contributed by atoms with Crippen LogP contribution < -0.4 is 5.73 Å². The molecule has 18 heavy (non-hydrogen) atoms. The van der Waals surface area contributed by atoms with E-state index in [2.05, 4.69) is 11.9 Å². The van der Waals surface area contributed by atoms with Crippen molar-refractivity contribution in [3.05, 3.63) is 65.2 Å². The van der Waals surface area contributed by atoms with Gasteiger partial charge in [0.1, 0.15) is 5.82 Å². The first-order valence-corrected chi connectivity index (χ1v) is 6.13. The number of nitrogens with zero attached hydrogens (tertiary/aromatic N) is 1. The Labute approximate surface area is 107 Å². The molecule has 2 N–H and O–H groups in total. The third kappa shape index (κ3) is 2.93. The molecule has 0 bridgehead atoms. The number of aromatic nitrogens is 1. The predicted octanol–water partition coefficient (Wildman–Crippen LogP) is 3.03. The number of benzene rings is 1. The highest BCUT2D eigenvalue weighted by Crippen LogP contribution is 2.19. The maximum Gasteiger partial charge on any atom is 0.123 e. The fourth-order valence-electron chi connectivity index (χ4n) is 2.08. The summed E-state index contributed by atoms with van der Waals surface area (Å²) in [5.74, 6) is -0.217. The normalized spacial score (nSPS) is 12.4. The Morgan fingerprint density at radius 3 is 2.61 bits per heavy atom. The Kier molecular flexibility index (Phi) is 4.05. The van der Waals surface area contributed by atoms with Crippen molar-refractivity contribution < 1.29 is 4.39 Å². The largest absolute Gasteiger partial charge is 0.324 e. The molecule has 0 saturated heterocycles. The van der Waals surface area contributed by atoms with Crippen LogP contribution in [0.1, 0.15) is 29.7 Å². The minimum absolute atomic E-state index is 0.0755. The summed E-state index contributed by atoms with van der Waals surface area (Å²) in [6, 6.07) is 8.38. The van der Waals surface area contributed by atoms with Crippen molar-refractivity contribution in [3.63, 3.8) is 0 Å². The molecule has 0 fully saturated rings. The van der Waals surface area contributed by atoms with E-state index in [0.29, 0.717) is 6.42 Å². The molecule has 94 valence electrons. The minimum atomic E-state index is -0.217. The molecular weight excluding hydrogens is 227 g/mol. The summed E-state index contributed by atoms with van der Waals surface area (Å²) in [7, 11) is 0. The van der Waals surface area contributed by atoms with Crippen LogP contribution in [-0.4, -0.2) is 4.98 Å². The molecule has 1 aromatic heterocycles. The van der Waals surface area contributed by atoms with E-state index >= 15 is 0 Å². The molecule has 1 unspecified atom stereocenters. The van der Waals surface area contributed by atoms with E-state index in [1.54, 1.807) is 18.3 Å². The summed E-state index contributed by atoms with van der Waals surface area (Å²) >= 11 is 0. The van der Waals surface area contributed by atoms with Gasteiger partial charge in [0.25, 0.3) is 0 Å². The summed E-state index contributed by atoms with van der Waals surface area (Å²) in [4.78, 5) is 4.11. The highest BCUT2D eigenvalue weighted by molar-refractivity contribution is 5.29. The van der Waals surface area contributed by atoms with Crippen LogP contribution in [0.5, 0.6) is 0 Å². The van der Waals surface area contributed by atoms with Gasteiger partial charge in [0.15, 0.2) is 0 Å². The van der Waals surface area contributed by atoms with Crippen LogP contribution in [0.15, 0.2) is 42.7 Å². The van der Waals surface area contributed by atoms with E-state index in [0.717, 1.165) is 17.5 Å². The first-order chi connectivity index (χ1) is 8.70. The molecule has 0 radical (unpaired) electrons. The lowest BCUT2D eigenvalue weighted by Crippen LogP contribution is -2.15. The predicted molar refractivity (Wildman–Crippen MR) is 70.6 cm³/mol. The molecule has 2 aromatic rings. The van der Waals surface area contributed by atoms with Crippen molar-refractivity contribution in [2.45, 2.75) is 25.8 Å². The van der Waals surface area contributed by atoms with Gasteiger partial charge >= 0.3 is 0 Å². The summed E-state index contributed by atoms with van der Waals surface area (Å²) in [5, 5.41) is 0. The van der Waals surface area contributed by atoms with Crippen LogP contribution in [0.25, 0.3) is 0 Å². The van der Waals surface area contributed by atoms with E-state index in [9.17, 15) is 4.39 Å². The molecule has 2 rings (SSSR count). The molecule has 1 heterocycles. The third-order valence-electron chi connectivity index (χ3n) is 3.09. The second-order valence-electron chi connectivity index (χ2n) is 4.37. The zero-order valence-electron chi connectivity index (χ0n) is 10.4. The molecule has 0 saturated carbocycles. The number of halogens is 1. The lowest BCUT2D eigenvalue weighted by Gasteiger charge is -2.15. The molecule has 1 atom stereocenters. The highest BCUT2D eigenvalue weighted by Gasteiger charge is 2.10. The molecule has 2 nitrogen and oxygen atoms in total. The van der Waals surface area contributed by atoms with Gasteiger partial charge in [-0.15, -0.1) is 0 Å². The second-order valence-corrected chi connectivity index (χ2v) is 4.37. The van der Waals surface area contributed by atoms with Gasteiger partial charge in [0.2, 0.25) is 0 Å². The minimum Gasteiger partial charge on any atom is -0.324 e. The van der Waals surface area contributed by atoms with E-state index in [4.69, 9.17) is 5.73 Å². The van der Waals surface area contributed by atoms with Crippen LogP contribution in [0.2, 0.25) is 0 Å². The summed E-state index contributed by atoms with van der Waals surface area (Å²) in [6.45, 7) is 2.09. The Bertz CT molecular complexity index is 508. The maximum atomic E-state index is 12.8. The summed E-state index contributed by atoms with van der Waals surface area (Å²) in [5.41, 5.74) is 9.56. The van der Waals surface area contributed by atoms with Crippen molar-refractivity contribution >= 4 is 0 Å². The average molecular weight is 244 g/mol. The van der Waals surface area contributed by atoms with Crippen molar-refractivity contribution in [2.24, 2.45) is 5.73 Å². The van der Waals surface area contributed by atoms with Crippen LogP contribution in [0, 0.1) is 5.82 Å². The lowest BCUT2D eigenvalue weighted by atomic mass is 9.96. The van der Waals surface area contributed by atoms with E-state index < -0.39 is 0 Å².